The molecule has 1 aromatic rings. The van der Waals surface area contributed by atoms with Crippen molar-refractivity contribution in [3.8, 4) is 0 Å². The van der Waals surface area contributed by atoms with Gasteiger partial charge in [0, 0.05) is 12.7 Å². The molecule has 0 aliphatic rings. The minimum atomic E-state index is -0.506. The van der Waals surface area contributed by atoms with Gasteiger partial charge in [-0.3, -0.25) is 0 Å². The van der Waals surface area contributed by atoms with Crippen LogP contribution in [0.3, 0.4) is 0 Å². The zero-order chi connectivity index (χ0) is 16.3. The van der Waals surface area contributed by atoms with E-state index in [1.807, 2.05) is 41.5 Å². The van der Waals surface area contributed by atoms with E-state index in [1.54, 1.807) is 6.20 Å². The van der Waals surface area contributed by atoms with E-state index in [1.165, 1.54) is 0 Å². The zero-order valence-electron chi connectivity index (χ0n) is 13.4. The third-order valence-electron chi connectivity index (χ3n) is 2.39. The van der Waals surface area contributed by atoms with Gasteiger partial charge < -0.3 is 15.4 Å². The number of aryl methyl sites for hydroxylation is 1. The first-order chi connectivity index (χ1) is 9.48. The topological polar surface area (TPSA) is 76.1 Å². The van der Waals surface area contributed by atoms with Gasteiger partial charge in [0.1, 0.15) is 17.2 Å². The number of anilines is 1. The minimum Gasteiger partial charge on any atom is -0.444 e. The highest BCUT2D eigenvalue weighted by atomic mass is 79.9. The van der Waals surface area contributed by atoms with Crippen LogP contribution in [0.5, 0.6) is 0 Å². The van der Waals surface area contributed by atoms with Crippen LogP contribution in [0, 0.1) is 6.92 Å². The maximum absolute atomic E-state index is 11.7. The van der Waals surface area contributed by atoms with Crippen LogP contribution >= 0.6 is 15.9 Å². The first-order valence-electron chi connectivity index (χ1n) is 6.73. The number of nitrogens with zero attached hydrogens (tertiary/aromatic N) is 2. The fourth-order valence-corrected chi connectivity index (χ4v) is 1.81. The Labute approximate surface area is 134 Å². The average Bonchev–Trinajstić information content (AvgIpc) is 2.29. The Balaban J connectivity index is 2.61. The van der Waals surface area contributed by atoms with Crippen LogP contribution in [0.4, 0.5) is 10.6 Å². The molecule has 0 radical (unpaired) electrons. The normalized spacial score (nSPS) is 12.0. The van der Waals surface area contributed by atoms with E-state index in [0.29, 0.717) is 18.2 Å². The maximum atomic E-state index is 11.7. The number of rotatable bonds is 4. The van der Waals surface area contributed by atoms with Crippen LogP contribution in [0.15, 0.2) is 10.7 Å². The van der Waals surface area contributed by atoms with Gasteiger partial charge >= 0.3 is 6.09 Å². The molecule has 1 rings (SSSR count). The molecule has 0 aromatic carbocycles. The first kappa shape index (κ1) is 17.7. The fraction of sp³-hybridized carbons (Fsp3) is 0.643. The molecule has 0 spiro atoms. The number of halogens is 1. The Kier molecular flexibility index (Phi) is 5.55. The summed E-state index contributed by atoms with van der Waals surface area (Å²) in [6, 6.07) is 0. The molecule has 118 valence electrons. The van der Waals surface area contributed by atoms with Crippen LogP contribution in [0.2, 0.25) is 0 Å². The lowest BCUT2D eigenvalue weighted by molar-refractivity contribution is 0.0520. The highest BCUT2D eigenvalue weighted by molar-refractivity contribution is 9.10. The van der Waals surface area contributed by atoms with Gasteiger partial charge in [-0.05, 0) is 57.5 Å². The lowest BCUT2D eigenvalue weighted by atomic mass is 10.1. The predicted octanol–water partition coefficient (Wildman–Crippen LogP) is 3.26. The highest BCUT2D eigenvalue weighted by Crippen LogP contribution is 2.22. The molecule has 0 bridgehead atoms. The first-order valence-corrected chi connectivity index (χ1v) is 7.52. The van der Waals surface area contributed by atoms with E-state index in [2.05, 4.69) is 36.5 Å². The second-order valence-corrected chi connectivity index (χ2v) is 7.33. The van der Waals surface area contributed by atoms with Gasteiger partial charge in [0.05, 0.1) is 10.0 Å². The van der Waals surface area contributed by atoms with Crippen molar-refractivity contribution in [2.24, 2.45) is 0 Å². The SMILES string of the molecule is Cc1ncc(Br)c(NC(C)(C)CNC(=O)OC(C)(C)C)n1. The van der Waals surface area contributed by atoms with Gasteiger partial charge in [-0.1, -0.05) is 0 Å². The standard InChI is InChI=1S/C14H23BrN4O2/c1-9-16-7-10(15)11(18-9)19-14(5,6)8-17-12(20)21-13(2,3)4/h7H,8H2,1-6H3,(H,17,20)(H,16,18,19). The summed E-state index contributed by atoms with van der Waals surface area (Å²) in [4.78, 5) is 20.1. The number of amides is 1. The number of aromatic nitrogens is 2. The van der Waals surface area contributed by atoms with E-state index in [4.69, 9.17) is 4.74 Å². The van der Waals surface area contributed by atoms with Crippen molar-refractivity contribution in [2.45, 2.75) is 52.7 Å². The third-order valence-corrected chi connectivity index (χ3v) is 2.98. The summed E-state index contributed by atoms with van der Waals surface area (Å²) in [7, 11) is 0. The van der Waals surface area contributed by atoms with Crippen LogP contribution in [-0.2, 0) is 4.74 Å². The Hall–Kier alpha value is -1.37. The lowest BCUT2D eigenvalue weighted by Gasteiger charge is -2.28. The number of ether oxygens (including phenoxy) is 1. The number of carbonyl (C=O) groups excluding carboxylic acids is 1. The van der Waals surface area contributed by atoms with E-state index in [-0.39, 0.29) is 5.54 Å². The fourth-order valence-electron chi connectivity index (χ4n) is 1.52. The molecule has 1 aromatic heterocycles. The molecule has 21 heavy (non-hydrogen) atoms. The molecule has 2 N–H and O–H groups in total. The lowest BCUT2D eigenvalue weighted by Crippen LogP contribution is -2.45. The summed E-state index contributed by atoms with van der Waals surface area (Å²) < 4.78 is 5.99. The van der Waals surface area contributed by atoms with Gasteiger partial charge in [-0.25, -0.2) is 14.8 Å². The van der Waals surface area contributed by atoms with Crippen LogP contribution < -0.4 is 10.6 Å². The zero-order valence-corrected chi connectivity index (χ0v) is 15.0. The highest BCUT2D eigenvalue weighted by Gasteiger charge is 2.22. The molecule has 0 aliphatic heterocycles. The molecular weight excluding hydrogens is 336 g/mol. The quantitative estimate of drug-likeness (QED) is 0.863. The van der Waals surface area contributed by atoms with Crippen molar-refractivity contribution in [3.63, 3.8) is 0 Å². The molecule has 6 nitrogen and oxygen atoms in total. The van der Waals surface area contributed by atoms with Gasteiger partial charge in [-0.2, -0.15) is 0 Å². The molecule has 1 heterocycles. The monoisotopic (exact) mass is 358 g/mol. The molecule has 7 heteroatoms. The minimum absolute atomic E-state index is 0.389. The van der Waals surface area contributed by atoms with Crippen LogP contribution in [0.25, 0.3) is 0 Å². The summed E-state index contributed by atoms with van der Waals surface area (Å²) in [6.07, 6.45) is 1.26. The van der Waals surface area contributed by atoms with Crippen molar-refractivity contribution < 1.29 is 9.53 Å². The molecular formula is C14H23BrN4O2. The Morgan fingerprint density at radius 1 is 1.33 bits per heavy atom. The third kappa shape index (κ3) is 6.75. The number of carbonyl (C=O) groups is 1. The van der Waals surface area contributed by atoms with Crippen LogP contribution in [-0.4, -0.2) is 33.7 Å². The number of nitrogens with one attached hydrogen (secondary N) is 2. The second kappa shape index (κ2) is 6.60. The largest absolute Gasteiger partial charge is 0.444 e. The van der Waals surface area contributed by atoms with Gasteiger partial charge in [0.25, 0.3) is 0 Å². The van der Waals surface area contributed by atoms with Gasteiger partial charge in [0.2, 0.25) is 0 Å². The van der Waals surface area contributed by atoms with Crippen molar-refractivity contribution in [1.82, 2.24) is 15.3 Å². The van der Waals surface area contributed by atoms with Crippen LogP contribution in [0.1, 0.15) is 40.4 Å². The number of hydrogen-bond acceptors (Lipinski definition) is 5. The summed E-state index contributed by atoms with van der Waals surface area (Å²) in [5.74, 6) is 1.37. The summed E-state index contributed by atoms with van der Waals surface area (Å²) >= 11 is 3.40. The van der Waals surface area contributed by atoms with Gasteiger partial charge in [-0.15, -0.1) is 0 Å². The Morgan fingerprint density at radius 3 is 2.52 bits per heavy atom. The van der Waals surface area contributed by atoms with E-state index >= 15 is 0 Å². The van der Waals surface area contributed by atoms with E-state index < -0.39 is 11.7 Å². The summed E-state index contributed by atoms with van der Waals surface area (Å²) in [6.45, 7) is 11.6. The molecule has 0 saturated heterocycles. The number of hydrogen-bond donors (Lipinski definition) is 2. The molecule has 0 saturated carbocycles. The summed E-state index contributed by atoms with van der Waals surface area (Å²) in [5.41, 5.74) is -0.894. The van der Waals surface area contributed by atoms with E-state index in [0.717, 1.165) is 4.47 Å². The average molecular weight is 359 g/mol. The molecule has 0 unspecified atom stereocenters. The van der Waals surface area contributed by atoms with Crippen molar-refractivity contribution in [3.05, 3.63) is 16.5 Å². The molecule has 0 aliphatic carbocycles. The Morgan fingerprint density at radius 2 is 1.95 bits per heavy atom. The number of alkyl carbamates (subject to hydrolysis) is 1. The second-order valence-electron chi connectivity index (χ2n) is 6.48. The predicted molar refractivity (Wildman–Crippen MR) is 86.4 cm³/mol. The van der Waals surface area contributed by atoms with Gasteiger partial charge in [0.15, 0.2) is 0 Å². The molecule has 1 amide bonds. The smallest absolute Gasteiger partial charge is 0.407 e. The van der Waals surface area contributed by atoms with Crippen molar-refractivity contribution in [1.29, 1.82) is 0 Å². The van der Waals surface area contributed by atoms with Crippen molar-refractivity contribution in [2.75, 3.05) is 11.9 Å². The summed E-state index contributed by atoms with van der Waals surface area (Å²) in [5, 5.41) is 6.03. The Bertz CT molecular complexity index is 512. The molecule has 0 atom stereocenters. The van der Waals surface area contributed by atoms with E-state index in [9.17, 15) is 4.79 Å². The van der Waals surface area contributed by atoms with Crippen molar-refractivity contribution >= 4 is 27.8 Å². The maximum Gasteiger partial charge on any atom is 0.407 e. The molecule has 0 fully saturated rings.